The molecule has 0 saturated heterocycles. The van der Waals surface area contributed by atoms with Crippen LogP contribution in [0.15, 0.2) is 42.9 Å². The van der Waals surface area contributed by atoms with Gasteiger partial charge in [0.05, 0.1) is 23.4 Å². The molecule has 3 aromatic heterocycles. The molecule has 1 saturated carbocycles. The van der Waals surface area contributed by atoms with Crippen LogP contribution >= 0.6 is 0 Å². The minimum absolute atomic E-state index is 0.0538. The number of nitrogens with two attached hydrogens (primary N) is 1. The Morgan fingerprint density at radius 3 is 2.81 bits per heavy atom. The number of anilines is 1. The Morgan fingerprint density at radius 2 is 2.00 bits per heavy atom. The Hall–Kier alpha value is -3.10. The van der Waals surface area contributed by atoms with Crippen LogP contribution in [-0.4, -0.2) is 41.9 Å². The summed E-state index contributed by atoms with van der Waals surface area (Å²) in [6, 6.07) is 8.81. The van der Waals surface area contributed by atoms with E-state index in [1.165, 1.54) is 6.07 Å². The molecule has 5 rings (SSSR count). The maximum absolute atomic E-state index is 13.6. The number of halogens is 1. The zero-order valence-electron chi connectivity index (χ0n) is 17.8. The molecule has 1 aliphatic rings. The predicted molar refractivity (Wildman–Crippen MR) is 120 cm³/mol. The summed E-state index contributed by atoms with van der Waals surface area (Å²) in [7, 11) is 0. The van der Waals surface area contributed by atoms with E-state index in [4.69, 9.17) is 5.73 Å². The van der Waals surface area contributed by atoms with Gasteiger partial charge < -0.3 is 20.5 Å². The Bertz CT molecular complexity index is 1290. The fraction of sp³-hybridized carbons (Fsp3) is 0.375. The van der Waals surface area contributed by atoms with Crippen molar-refractivity contribution in [2.24, 2.45) is 5.92 Å². The van der Waals surface area contributed by atoms with Gasteiger partial charge in [-0.15, -0.1) is 0 Å². The summed E-state index contributed by atoms with van der Waals surface area (Å²) < 4.78 is 15.6. The van der Waals surface area contributed by atoms with Crippen LogP contribution in [0.2, 0.25) is 0 Å². The average Bonchev–Trinajstić information content (AvgIpc) is 3.34. The van der Waals surface area contributed by atoms with Crippen LogP contribution in [-0.2, 0) is 12.8 Å². The molecule has 0 bridgehead atoms. The highest BCUT2D eigenvalue weighted by Crippen LogP contribution is 2.39. The normalized spacial score (nSPS) is 23.4. The molecule has 1 fully saturated rings. The van der Waals surface area contributed by atoms with Crippen molar-refractivity contribution in [2.75, 3.05) is 5.73 Å². The number of hydrogen-bond acceptors (Lipinski definition) is 6. The summed E-state index contributed by atoms with van der Waals surface area (Å²) >= 11 is 0. The van der Waals surface area contributed by atoms with Gasteiger partial charge in [-0.05, 0) is 55.4 Å². The van der Waals surface area contributed by atoms with Gasteiger partial charge in [-0.1, -0.05) is 19.1 Å². The first kappa shape index (κ1) is 20.8. The van der Waals surface area contributed by atoms with Gasteiger partial charge in [0, 0.05) is 17.0 Å². The second-order valence-electron chi connectivity index (χ2n) is 8.60. The van der Waals surface area contributed by atoms with Crippen molar-refractivity contribution in [1.29, 1.82) is 0 Å². The third kappa shape index (κ3) is 3.49. The van der Waals surface area contributed by atoms with E-state index in [1.807, 2.05) is 35.0 Å². The van der Waals surface area contributed by atoms with Crippen LogP contribution in [0, 0.1) is 11.7 Å². The van der Waals surface area contributed by atoms with Gasteiger partial charge in [-0.3, -0.25) is 0 Å². The van der Waals surface area contributed by atoms with Crippen LogP contribution in [0.5, 0.6) is 0 Å². The molecule has 7 nitrogen and oxygen atoms in total. The predicted octanol–water partition coefficient (Wildman–Crippen LogP) is 3.18. The fourth-order valence-electron chi connectivity index (χ4n) is 4.94. The number of pyridine rings is 1. The van der Waals surface area contributed by atoms with Gasteiger partial charge >= 0.3 is 0 Å². The van der Waals surface area contributed by atoms with Gasteiger partial charge in [-0.2, -0.15) is 0 Å². The first-order valence-electron chi connectivity index (χ1n) is 11.0. The number of aliphatic hydroxyl groups is 2. The molecule has 0 radical (unpaired) electrons. The van der Waals surface area contributed by atoms with Crippen molar-refractivity contribution >= 4 is 27.8 Å². The van der Waals surface area contributed by atoms with Crippen molar-refractivity contribution < 1.29 is 14.6 Å². The van der Waals surface area contributed by atoms with Gasteiger partial charge in [0.2, 0.25) is 0 Å². The number of nitrogens with zero attached hydrogens (tertiary/aromatic N) is 4. The fourth-order valence-corrected chi connectivity index (χ4v) is 4.94. The molecule has 1 aliphatic carbocycles. The molecule has 4 aromatic rings. The number of aliphatic hydroxyl groups excluding tert-OH is 2. The molecule has 3 heterocycles. The van der Waals surface area contributed by atoms with Gasteiger partial charge in [-0.25, -0.2) is 19.3 Å². The lowest BCUT2D eigenvalue weighted by molar-refractivity contribution is 0.00545. The molecule has 0 aliphatic heterocycles. The SMILES string of the molecule is CCc1ncnc2c1ccn2[C@@H]1C[C@H](CCc2ccc3cc(F)c(N)nc3c2)[C@@H](O)[C@H]1O. The van der Waals surface area contributed by atoms with Crippen molar-refractivity contribution in [3.05, 3.63) is 59.9 Å². The largest absolute Gasteiger partial charge is 0.390 e. The highest BCUT2D eigenvalue weighted by atomic mass is 19.1. The van der Waals surface area contributed by atoms with Crippen LogP contribution < -0.4 is 5.73 Å². The molecule has 8 heteroatoms. The van der Waals surface area contributed by atoms with E-state index in [2.05, 4.69) is 21.9 Å². The molecule has 0 unspecified atom stereocenters. The van der Waals surface area contributed by atoms with E-state index in [1.54, 1.807) is 6.33 Å². The van der Waals surface area contributed by atoms with Crippen molar-refractivity contribution in [2.45, 2.75) is 50.9 Å². The van der Waals surface area contributed by atoms with Gasteiger partial charge in [0.15, 0.2) is 11.6 Å². The highest BCUT2D eigenvalue weighted by Gasteiger charge is 2.42. The van der Waals surface area contributed by atoms with Crippen LogP contribution in [0.4, 0.5) is 10.2 Å². The number of aromatic nitrogens is 4. The Kier molecular flexibility index (Phi) is 5.27. The molecule has 4 N–H and O–H groups in total. The second-order valence-corrected chi connectivity index (χ2v) is 8.60. The Labute approximate surface area is 184 Å². The summed E-state index contributed by atoms with van der Waals surface area (Å²) in [5, 5.41) is 23.2. The quantitative estimate of drug-likeness (QED) is 0.444. The molecule has 32 heavy (non-hydrogen) atoms. The van der Waals surface area contributed by atoms with Crippen molar-refractivity contribution in [3.63, 3.8) is 0 Å². The average molecular weight is 436 g/mol. The standard InChI is InChI=1S/C24H26FN5O2/c1-2-18-16-7-8-30(24(16)28-12-27-18)20-11-15(21(31)22(20)32)6-4-13-3-5-14-10-17(25)23(26)29-19(14)9-13/h3,5,7-10,12,15,20-22,31-32H,2,4,6,11H2,1H3,(H2,26,29)/t15-,20+,21+,22-/m0/s1. The smallest absolute Gasteiger partial charge is 0.165 e. The summed E-state index contributed by atoms with van der Waals surface area (Å²) in [6.45, 7) is 2.05. The maximum Gasteiger partial charge on any atom is 0.165 e. The lowest BCUT2D eigenvalue weighted by Gasteiger charge is -2.19. The lowest BCUT2D eigenvalue weighted by atomic mass is 9.95. The minimum atomic E-state index is -0.864. The Morgan fingerprint density at radius 1 is 1.16 bits per heavy atom. The van der Waals surface area contributed by atoms with Gasteiger partial charge in [0.25, 0.3) is 0 Å². The van der Waals surface area contributed by atoms with E-state index in [-0.39, 0.29) is 17.8 Å². The number of benzene rings is 1. The third-order valence-electron chi connectivity index (χ3n) is 6.72. The van der Waals surface area contributed by atoms with Crippen molar-refractivity contribution in [1.82, 2.24) is 19.5 Å². The Balaban J connectivity index is 1.34. The number of aryl methyl sites for hydroxylation is 2. The van der Waals surface area contributed by atoms with Crippen molar-refractivity contribution in [3.8, 4) is 0 Å². The number of hydrogen-bond donors (Lipinski definition) is 3. The number of fused-ring (bicyclic) bond motifs is 2. The zero-order chi connectivity index (χ0) is 22.4. The second kappa shape index (κ2) is 8.11. The molecule has 0 amide bonds. The number of rotatable bonds is 5. The first-order valence-corrected chi connectivity index (χ1v) is 11.0. The van der Waals surface area contributed by atoms with E-state index in [0.717, 1.165) is 28.7 Å². The monoisotopic (exact) mass is 435 g/mol. The summed E-state index contributed by atoms with van der Waals surface area (Å²) in [4.78, 5) is 12.9. The third-order valence-corrected chi connectivity index (χ3v) is 6.72. The molecular formula is C24H26FN5O2. The molecule has 4 atom stereocenters. The van der Waals surface area contributed by atoms with Crippen LogP contribution in [0.3, 0.4) is 0 Å². The summed E-state index contributed by atoms with van der Waals surface area (Å²) in [6.07, 6.45) is 4.70. The van der Waals surface area contributed by atoms with E-state index < -0.39 is 18.0 Å². The van der Waals surface area contributed by atoms with Crippen LogP contribution in [0.25, 0.3) is 21.9 Å². The highest BCUT2D eigenvalue weighted by molar-refractivity contribution is 5.81. The van der Waals surface area contributed by atoms with E-state index in [0.29, 0.717) is 30.2 Å². The topological polar surface area (TPSA) is 110 Å². The summed E-state index contributed by atoms with van der Waals surface area (Å²) in [5.74, 6) is -0.684. The summed E-state index contributed by atoms with van der Waals surface area (Å²) in [5.41, 5.74) is 9.06. The van der Waals surface area contributed by atoms with E-state index >= 15 is 0 Å². The molecule has 166 valence electrons. The zero-order valence-corrected chi connectivity index (χ0v) is 17.8. The van der Waals surface area contributed by atoms with E-state index in [9.17, 15) is 14.6 Å². The maximum atomic E-state index is 13.6. The van der Waals surface area contributed by atoms with Crippen LogP contribution in [0.1, 0.15) is 37.1 Å². The first-order chi connectivity index (χ1) is 15.5. The molecule has 1 aromatic carbocycles. The van der Waals surface area contributed by atoms with Gasteiger partial charge in [0.1, 0.15) is 18.1 Å². The lowest BCUT2D eigenvalue weighted by Crippen LogP contribution is -2.29. The molecule has 0 spiro atoms. The number of nitrogen functional groups attached to an aromatic ring is 1. The minimum Gasteiger partial charge on any atom is -0.390 e. The molecular weight excluding hydrogens is 409 g/mol.